The largest absolute Gasteiger partial charge is 0.492 e. The second-order valence-electron chi connectivity index (χ2n) is 10.3. The third-order valence-electron chi connectivity index (χ3n) is 6.30. The summed E-state index contributed by atoms with van der Waals surface area (Å²) in [4.78, 5) is 37.6. The lowest BCUT2D eigenvalue weighted by Crippen LogP contribution is -2.48. The maximum Gasteiger partial charge on any atom is 0.412 e. The molecule has 2 aromatic carbocycles. The molecule has 39 heavy (non-hydrogen) atoms. The van der Waals surface area contributed by atoms with Gasteiger partial charge in [0.05, 0.1) is 18.0 Å². The van der Waals surface area contributed by atoms with Crippen molar-refractivity contribution < 1.29 is 28.6 Å². The fourth-order valence-corrected chi connectivity index (χ4v) is 4.22. The zero-order valence-corrected chi connectivity index (χ0v) is 22.5. The van der Waals surface area contributed by atoms with Crippen LogP contribution in [0.3, 0.4) is 0 Å². The van der Waals surface area contributed by atoms with E-state index in [0.29, 0.717) is 43.6 Å². The van der Waals surface area contributed by atoms with Gasteiger partial charge in [-0.25, -0.2) is 14.4 Å². The minimum absolute atomic E-state index is 0.138. The quantitative estimate of drug-likeness (QED) is 0.307. The van der Waals surface area contributed by atoms with Crippen LogP contribution in [0.4, 0.5) is 21.1 Å². The first-order valence-corrected chi connectivity index (χ1v) is 12.6. The van der Waals surface area contributed by atoms with Crippen molar-refractivity contribution >= 4 is 40.4 Å². The third-order valence-corrected chi connectivity index (χ3v) is 6.30. The highest BCUT2D eigenvalue weighted by molar-refractivity contribution is 6.07. The lowest BCUT2D eigenvalue weighted by molar-refractivity contribution is -0.156. The molecular weight excluding hydrogens is 504 g/mol. The number of amides is 3. The van der Waals surface area contributed by atoms with Gasteiger partial charge in [-0.15, -0.1) is 0 Å². The van der Waals surface area contributed by atoms with Crippen LogP contribution in [0.2, 0.25) is 0 Å². The number of nitrogens with one attached hydrogen (secondary N) is 2. The number of nitrogens with zero attached hydrogens (tertiary/aromatic N) is 3. The van der Waals surface area contributed by atoms with Gasteiger partial charge in [0.15, 0.2) is 6.10 Å². The van der Waals surface area contributed by atoms with Gasteiger partial charge < -0.3 is 25.3 Å². The first kappa shape index (κ1) is 27.9. The predicted octanol–water partition coefficient (Wildman–Crippen LogP) is 3.22. The fraction of sp³-hybridized carbons (Fsp3) is 0.407. The second kappa shape index (κ2) is 11.7. The Morgan fingerprint density at radius 2 is 1.87 bits per heavy atom. The number of benzene rings is 2. The number of esters is 1. The van der Waals surface area contributed by atoms with Gasteiger partial charge in [0.2, 0.25) is 0 Å². The Hall–Kier alpha value is -4.16. The molecule has 2 heterocycles. The molecule has 0 aliphatic carbocycles. The van der Waals surface area contributed by atoms with E-state index in [1.807, 2.05) is 41.3 Å². The van der Waals surface area contributed by atoms with E-state index in [0.717, 1.165) is 16.5 Å². The van der Waals surface area contributed by atoms with Crippen molar-refractivity contribution in [3.63, 3.8) is 0 Å². The van der Waals surface area contributed by atoms with Crippen LogP contribution in [-0.4, -0.2) is 71.7 Å². The van der Waals surface area contributed by atoms with E-state index in [2.05, 4.69) is 41.2 Å². The molecule has 1 fully saturated rings. The number of fused-ring (bicyclic) bond motifs is 1. The van der Waals surface area contributed by atoms with Crippen LogP contribution in [0.1, 0.15) is 26.5 Å². The molecule has 1 unspecified atom stereocenters. The van der Waals surface area contributed by atoms with E-state index in [4.69, 9.17) is 15.2 Å². The number of hydrogen-bond acceptors (Lipinski definition) is 8. The third kappa shape index (κ3) is 7.03. The highest BCUT2D eigenvalue weighted by atomic mass is 16.6. The highest BCUT2D eigenvalue weighted by Gasteiger charge is 2.29. The Labute approximate surface area is 226 Å². The number of primary amides is 1. The normalized spacial score (nSPS) is 16.1. The minimum atomic E-state index is -1.15. The van der Waals surface area contributed by atoms with Gasteiger partial charge in [-0.3, -0.25) is 14.9 Å². The number of urea groups is 1. The number of ether oxygens (including phenoxy) is 3. The summed E-state index contributed by atoms with van der Waals surface area (Å²) in [6, 6.07) is 12.7. The maximum atomic E-state index is 12.8. The molecule has 3 amide bonds. The van der Waals surface area contributed by atoms with E-state index in [1.165, 1.54) is 0 Å². The van der Waals surface area contributed by atoms with Crippen molar-refractivity contribution in [3.8, 4) is 5.75 Å². The van der Waals surface area contributed by atoms with Crippen molar-refractivity contribution in [3.05, 3.63) is 48.2 Å². The topological polar surface area (TPSA) is 150 Å². The summed E-state index contributed by atoms with van der Waals surface area (Å²) in [5.74, 6) is 0.454. The van der Waals surface area contributed by atoms with Crippen LogP contribution in [0.5, 0.6) is 5.75 Å². The molecule has 1 saturated heterocycles. The molecule has 1 aliphatic rings. The Balaban J connectivity index is 1.38. The predicted molar refractivity (Wildman–Crippen MR) is 146 cm³/mol. The van der Waals surface area contributed by atoms with Crippen LogP contribution >= 0.6 is 0 Å². The second-order valence-corrected chi connectivity index (χ2v) is 10.3. The van der Waals surface area contributed by atoms with E-state index in [9.17, 15) is 14.4 Å². The van der Waals surface area contributed by atoms with Crippen LogP contribution in [0.15, 0.2) is 42.5 Å². The summed E-state index contributed by atoms with van der Waals surface area (Å²) in [7, 11) is 1.79. The molecule has 4 rings (SSSR count). The van der Waals surface area contributed by atoms with Crippen LogP contribution < -0.4 is 21.1 Å². The van der Waals surface area contributed by atoms with E-state index < -0.39 is 18.2 Å². The zero-order chi connectivity index (χ0) is 28.2. The lowest BCUT2D eigenvalue weighted by atomic mass is 9.92. The minimum Gasteiger partial charge on any atom is -0.492 e. The Morgan fingerprint density at radius 3 is 2.56 bits per heavy atom. The summed E-state index contributed by atoms with van der Waals surface area (Å²) in [5, 5.41) is 12.0. The smallest absolute Gasteiger partial charge is 0.412 e. The number of carbonyl (C=O) groups excluding carboxylic acids is 3. The molecule has 208 valence electrons. The highest BCUT2D eigenvalue weighted by Crippen LogP contribution is 2.32. The molecule has 1 aromatic heterocycles. The number of aromatic nitrogens is 2. The number of carbonyl (C=O) groups is 3. The summed E-state index contributed by atoms with van der Waals surface area (Å²) in [5.41, 5.74) is 6.29. The zero-order valence-electron chi connectivity index (χ0n) is 22.5. The molecule has 12 nitrogen and oxygen atoms in total. The Bertz CT molecular complexity index is 1360. The lowest BCUT2D eigenvalue weighted by Gasteiger charge is -2.31. The molecule has 0 bridgehead atoms. The number of rotatable bonds is 7. The fourth-order valence-electron chi connectivity index (χ4n) is 4.22. The number of nitrogens with two attached hydrogens (primary N) is 1. The number of aryl methyl sites for hydroxylation is 1. The van der Waals surface area contributed by atoms with Gasteiger partial charge in [-0.2, -0.15) is 5.10 Å². The molecule has 1 aliphatic heterocycles. The van der Waals surface area contributed by atoms with Gasteiger partial charge in [0, 0.05) is 48.9 Å². The van der Waals surface area contributed by atoms with E-state index in [-0.39, 0.29) is 18.0 Å². The van der Waals surface area contributed by atoms with E-state index >= 15 is 0 Å². The van der Waals surface area contributed by atoms with Crippen LogP contribution in [0.25, 0.3) is 10.8 Å². The molecule has 0 saturated carbocycles. The van der Waals surface area contributed by atoms with Crippen LogP contribution in [-0.2, 0) is 26.7 Å². The first-order valence-electron chi connectivity index (χ1n) is 12.6. The molecule has 3 aromatic rings. The molecule has 4 N–H and O–H groups in total. The first-order chi connectivity index (χ1) is 18.5. The maximum absolute atomic E-state index is 12.8. The SMILES string of the molecule is Cn1nc(C(C)(C)C)cc1NC(=O)Nc1ccc(OCCN2CCOC(C(=O)OC(N)=O)C2)c2ccccc12. The summed E-state index contributed by atoms with van der Waals surface area (Å²) >= 11 is 0. The van der Waals surface area contributed by atoms with Gasteiger partial charge >= 0.3 is 18.1 Å². The number of anilines is 2. The molecular formula is C27H34N6O6. The van der Waals surface area contributed by atoms with Crippen molar-refractivity contribution in [1.29, 1.82) is 0 Å². The van der Waals surface area contributed by atoms with Gasteiger partial charge in [0.25, 0.3) is 0 Å². The Morgan fingerprint density at radius 1 is 1.13 bits per heavy atom. The molecule has 0 spiro atoms. The average molecular weight is 539 g/mol. The van der Waals surface area contributed by atoms with Crippen molar-refractivity contribution in [2.45, 2.75) is 32.3 Å². The molecule has 0 radical (unpaired) electrons. The summed E-state index contributed by atoms with van der Waals surface area (Å²) < 4.78 is 17.5. The summed E-state index contributed by atoms with van der Waals surface area (Å²) in [6.45, 7) is 8.27. The van der Waals surface area contributed by atoms with Crippen LogP contribution in [0, 0.1) is 0 Å². The monoisotopic (exact) mass is 538 g/mol. The number of hydrogen-bond donors (Lipinski definition) is 3. The van der Waals surface area contributed by atoms with E-state index in [1.54, 1.807) is 17.8 Å². The van der Waals surface area contributed by atoms with Crippen molar-refractivity contribution in [2.75, 3.05) is 43.5 Å². The standard InChI is InChI=1S/C27H34N6O6/c1-27(2,3)22-15-23(32(4)31-22)30-26(36)29-19-9-10-20(18-8-6-5-7-17(18)19)37-13-11-33-12-14-38-21(16-33)24(34)39-25(28)35/h5-10,15,21H,11-14,16H2,1-4H3,(H2,28,35)(H2,29,30,36). The van der Waals surface area contributed by atoms with Crippen molar-refractivity contribution in [1.82, 2.24) is 14.7 Å². The molecule has 1 atom stereocenters. The number of morpholine rings is 1. The van der Waals surface area contributed by atoms with Gasteiger partial charge in [-0.05, 0) is 12.1 Å². The van der Waals surface area contributed by atoms with Gasteiger partial charge in [0.1, 0.15) is 18.2 Å². The Kier molecular flexibility index (Phi) is 8.36. The molecule has 12 heteroatoms. The van der Waals surface area contributed by atoms with Gasteiger partial charge in [-0.1, -0.05) is 45.0 Å². The van der Waals surface area contributed by atoms with Crippen molar-refractivity contribution in [2.24, 2.45) is 12.8 Å². The summed E-state index contributed by atoms with van der Waals surface area (Å²) in [6.07, 6.45) is -2.03. The average Bonchev–Trinajstić information content (AvgIpc) is 3.25.